The minimum atomic E-state index is 0.286. The lowest BCUT2D eigenvalue weighted by Crippen LogP contribution is -2.36. The second-order valence-electron chi connectivity index (χ2n) is 6.01. The highest BCUT2D eigenvalue weighted by Gasteiger charge is 2.12. The zero-order valence-corrected chi connectivity index (χ0v) is 13.9. The van der Waals surface area contributed by atoms with Crippen molar-refractivity contribution in [1.82, 2.24) is 9.97 Å². The number of nitrogen functional groups attached to an aromatic ring is 1. The molecule has 0 radical (unpaired) electrons. The number of benzene rings is 2. The first-order chi connectivity index (χ1) is 12.3. The Morgan fingerprint density at radius 1 is 0.800 bits per heavy atom. The van der Waals surface area contributed by atoms with Crippen LogP contribution in [0.5, 0.6) is 0 Å². The standard InChI is InChI=1S/C20H20N4O/c21-20-22-18(15-4-2-1-3-5-15)14-19(23-20)16-6-8-17(9-7-16)24-10-12-25-13-11-24/h1-9,14H,10-13H2,(H2,21,22,23). The average molecular weight is 332 g/mol. The second kappa shape index (κ2) is 6.91. The minimum absolute atomic E-state index is 0.286. The molecule has 0 bridgehead atoms. The van der Waals surface area contributed by atoms with Crippen LogP contribution in [0.25, 0.3) is 22.5 Å². The Balaban J connectivity index is 1.64. The van der Waals surface area contributed by atoms with Crippen LogP contribution < -0.4 is 10.6 Å². The summed E-state index contributed by atoms with van der Waals surface area (Å²) in [6.45, 7) is 3.42. The Morgan fingerprint density at radius 2 is 1.40 bits per heavy atom. The lowest BCUT2D eigenvalue weighted by Gasteiger charge is -2.28. The molecule has 2 heterocycles. The first-order valence-electron chi connectivity index (χ1n) is 8.43. The van der Waals surface area contributed by atoms with Gasteiger partial charge in [-0.25, -0.2) is 9.97 Å². The van der Waals surface area contributed by atoms with Crippen molar-refractivity contribution < 1.29 is 4.74 Å². The van der Waals surface area contributed by atoms with Crippen LogP contribution in [0, 0.1) is 0 Å². The van der Waals surface area contributed by atoms with E-state index in [-0.39, 0.29) is 5.95 Å². The SMILES string of the molecule is Nc1nc(-c2ccccc2)cc(-c2ccc(N3CCOCC3)cc2)n1. The summed E-state index contributed by atoms with van der Waals surface area (Å²) >= 11 is 0. The molecule has 3 aromatic rings. The zero-order valence-electron chi connectivity index (χ0n) is 13.9. The lowest BCUT2D eigenvalue weighted by molar-refractivity contribution is 0.122. The van der Waals surface area contributed by atoms with Crippen LogP contribution in [0.2, 0.25) is 0 Å². The molecule has 25 heavy (non-hydrogen) atoms. The molecule has 2 aromatic carbocycles. The Hall–Kier alpha value is -2.92. The molecule has 1 aromatic heterocycles. The lowest BCUT2D eigenvalue weighted by atomic mass is 10.1. The van der Waals surface area contributed by atoms with Crippen molar-refractivity contribution in [3.8, 4) is 22.5 Å². The maximum absolute atomic E-state index is 5.94. The van der Waals surface area contributed by atoms with E-state index in [4.69, 9.17) is 10.5 Å². The molecular weight excluding hydrogens is 312 g/mol. The number of morpholine rings is 1. The van der Waals surface area contributed by atoms with Crippen LogP contribution in [-0.4, -0.2) is 36.3 Å². The van der Waals surface area contributed by atoms with Crippen molar-refractivity contribution in [2.75, 3.05) is 36.9 Å². The number of rotatable bonds is 3. The molecule has 1 fully saturated rings. The van der Waals surface area contributed by atoms with Crippen LogP contribution in [0.15, 0.2) is 60.7 Å². The number of ether oxygens (including phenoxy) is 1. The van der Waals surface area contributed by atoms with E-state index in [0.29, 0.717) is 0 Å². The molecule has 0 amide bonds. The molecule has 4 rings (SSSR count). The number of hydrogen-bond acceptors (Lipinski definition) is 5. The predicted octanol–water partition coefficient (Wildman–Crippen LogP) is 3.23. The minimum Gasteiger partial charge on any atom is -0.378 e. The van der Waals surface area contributed by atoms with Crippen LogP contribution >= 0.6 is 0 Å². The molecule has 1 saturated heterocycles. The third-order valence-corrected chi connectivity index (χ3v) is 4.35. The molecule has 1 aliphatic rings. The Labute approximate surface area is 147 Å². The smallest absolute Gasteiger partial charge is 0.221 e. The van der Waals surface area contributed by atoms with Gasteiger partial charge >= 0.3 is 0 Å². The van der Waals surface area contributed by atoms with Crippen molar-refractivity contribution in [3.05, 3.63) is 60.7 Å². The summed E-state index contributed by atoms with van der Waals surface area (Å²) in [7, 11) is 0. The molecule has 5 nitrogen and oxygen atoms in total. The fourth-order valence-electron chi connectivity index (χ4n) is 3.04. The largest absolute Gasteiger partial charge is 0.378 e. The van der Waals surface area contributed by atoms with Gasteiger partial charge in [0.25, 0.3) is 0 Å². The van der Waals surface area contributed by atoms with Gasteiger partial charge in [0.05, 0.1) is 24.6 Å². The van der Waals surface area contributed by atoms with Gasteiger partial charge in [0.2, 0.25) is 5.95 Å². The summed E-state index contributed by atoms with van der Waals surface area (Å²) in [4.78, 5) is 11.1. The maximum atomic E-state index is 5.94. The van der Waals surface area contributed by atoms with E-state index in [1.807, 2.05) is 36.4 Å². The topological polar surface area (TPSA) is 64.3 Å². The van der Waals surface area contributed by atoms with Gasteiger partial charge in [0.1, 0.15) is 0 Å². The van der Waals surface area contributed by atoms with E-state index in [9.17, 15) is 0 Å². The summed E-state index contributed by atoms with van der Waals surface area (Å²) in [6, 6.07) is 20.4. The van der Waals surface area contributed by atoms with Crippen LogP contribution in [0.4, 0.5) is 11.6 Å². The Bertz CT molecular complexity index is 843. The van der Waals surface area contributed by atoms with E-state index in [0.717, 1.165) is 48.8 Å². The summed E-state index contributed by atoms with van der Waals surface area (Å²) in [6.07, 6.45) is 0. The molecule has 0 unspecified atom stereocenters. The molecule has 5 heteroatoms. The Kier molecular flexibility index (Phi) is 4.31. The normalized spacial score (nSPS) is 14.5. The van der Waals surface area contributed by atoms with Crippen molar-refractivity contribution in [1.29, 1.82) is 0 Å². The van der Waals surface area contributed by atoms with Gasteiger partial charge in [-0.1, -0.05) is 42.5 Å². The highest BCUT2D eigenvalue weighted by atomic mass is 16.5. The summed E-state index contributed by atoms with van der Waals surface area (Å²) in [5.41, 5.74) is 10.9. The maximum Gasteiger partial charge on any atom is 0.221 e. The van der Waals surface area contributed by atoms with E-state index in [2.05, 4.69) is 39.1 Å². The number of nitrogens with two attached hydrogens (primary N) is 1. The molecule has 0 atom stereocenters. The van der Waals surface area contributed by atoms with Gasteiger partial charge < -0.3 is 15.4 Å². The van der Waals surface area contributed by atoms with Crippen molar-refractivity contribution in [2.24, 2.45) is 0 Å². The van der Waals surface area contributed by atoms with Crippen molar-refractivity contribution >= 4 is 11.6 Å². The predicted molar refractivity (Wildman–Crippen MR) is 100 cm³/mol. The number of anilines is 2. The van der Waals surface area contributed by atoms with Crippen LogP contribution in [0.1, 0.15) is 0 Å². The molecule has 0 saturated carbocycles. The molecule has 0 aliphatic carbocycles. The van der Waals surface area contributed by atoms with Gasteiger partial charge in [-0.05, 0) is 18.2 Å². The summed E-state index contributed by atoms with van der Waals surface area (Å²) in [5, 5.41) is 0. The fourth-order valence-corrected chi connectivity index (χ4v) is 3.04. The molecule has 2 N–H and O–H groups in total. The average Bonchev–Trinajstić information content (AvgIpc) is 2.69. The molecule has 1 aliphatic heterocycles. The van der Waals surface area contributed by atoms with Crippen molar-refractivity contribution in [3.63, 3.8) is 0 Å². The van der Waals surface area contributed by atoms with Gasteiger partial charge in [0, 0.05) is 29.9 Å². The number of aromatic nitrogens is 2. The summed E-state index contributed by atoms with van der Waals surface area (Å²) in [5.74, 6) is 0.286. The third-order valence-electron chi connectivity index (χ3n) is 4.35. The first-order valence-corrected chi connectivity index (χ1v) is 8.43. The van der Waals surface area contributed by atoms with E-state index in [1.54, 1.807) is 0 Å². The molecule has 126 valence electrons. The quantitative estimate of drug-likeness (QED) is 0.798. The van der Waals surface area contributed by atoms with Crippen LogP contribution in [-0.2, 0) is 4.74 Å². The number of hydrogen-bond donors (Lipinski definition) is 1. The van der Waals surface area contributed by atoms with Gasteiger partial charge in [0.15, 0.2) is 0 Å². The zero-order chi connectivity index (χ0) is 17.1. The van der Waals surface area contributed by atoms with Gasteiger partial charge in [-0.2, -0.15) is 0 Å². The number of nitrogens with zero attached hydrogens (tertiary/aromatic N) is 3. The van der Waals surface area contributed by atoms with Gasteiger partial charge in [-0.15, -0.1) is 0 Å². The monoisotopic (exact) mass is 332 g/mol. The summed E-state index contributed by atoms with van der Waals surface area (Å²) < 4.78 is 5.41. The van der Waals surface area contributed by atoms with E-state index in [1.165, 1.54) is 5.69 Å². The third kappa shape index (κ3) is 3.46. The molecule has 0 spiro atoms. The van der Waals surface area contributed by atoms with Gasteiger partial charge in [-0.3, -0.25) is 0 Å². The highest BCUT2D eigenvalue weighted by Crippen LogP contribution is 2.26. The van der Waals surface area contributed by atoms with Crippen molar-refractivity contribution in [2.45, 2.75) is 0 Å². The first kappa shape index (κ1) is 15.6. The van der Waals surface area contributed by atoms with E-state index >= 15 is 0 Å². The fraction of sp³-hybridized carbons (Fsp3) is 0.200. The highest BCUT2D eigenvalue weighted by molar-refractivity contribution is 5.70. The Morgan fingerprint density at radius 3 is 2.04 bits per heavy atom. The second-order valence-corrected chi connectivity index (χ2v) is 6.01. The molecular formula is C20H20N4O. The van der Waals surface area contributed by atoms with Crippen LogP contribution in [0.3, 0.4) is 0 Å². The van der Waals surface area contributed by atoms with E-state index < -0.39 is 0 Å².